The van der Waals surface area contributed by atoms with Gasteiger partial charge in [-0.2, -0.15) is 13.2 Å². The second-order valence-electron chi connectivity index (χ2n) is 2.76. The van der Waals surface area contributed by atoms with Gasteiger partial charge in [0, 0.05) is 0 Å². The van der Waals surface area contributed by atoms with Gasteiger partial charge in [0.1, 0.15) is 0 Å². The molecule has 1 atom stereocenters. The average Bonchev–Trinajstić information content (AvgIpc) is 2.15. The molecule has 1 rings (SSSR count). The lowest BCUT2D eigenvalue weighted by atomic mass is 10.1. The minimum absolute atomic E-state index is 0.400. The molecule has 0 amide bonds. The topological polar surface area (TPSA) is 0 Å². The Hall–Kier alpha value is -0.960. The highest BCUT2D eigenvalue weighted by Crippen LogP contribution is 2.32. The summed E-state index contributed by atoms with van der Waals surface area (Å²) in [5.41, 5.74) is -0.293. The number of rotatable bonds is 2. The molecule has 1 unspecified atom stereocenters. The minimum Gasteiger partial charge on any atom is -0.166 e. The lowest BCUT2D eigenvalue weighted by Gasteiger charge is -2.09. The van der Waals surface area contributed by atoms with Crippen LogP contribution in [0.15, 0.2) is 36.9 Å². The van der Waals surface area contributed by atoms with E-state index in [1.54, 1.807) is 0 Å². The van der Waals surface area contributed by atoms with E-state index in [1.165, 1.54) is 18.2 Å². The Morgan fingerprint density at radius 2 is 2.00 bits per heavy atom. The molecule has 0 nitrogen and oxygen atoms in total. The van der Waals surface area contributed by atoms with Crippen molar-refractivity contribution in [2.24, 2.45) is 0 Å². The lowest BCUT2D eigenvalue weighted by Crippen LogP contribution is -2.05. The van der Waals surface area contributed by atoms with Crippen LogP contribution in [0.4, 0.5) is 13.2 Å². The zero-order valence-electron chi connectivity index (χ0n) is 7.18. The Morgan fingerprint density at radius 1 is 1.36 bits per heavy atom. The number of alkyl halides is 4. The summed E-state index contributed by atoms with van der Waals surface area (Å²) in [4.78, 5) is 0. The zero-order chi connectivity index (χ0) is 10.8. The fourth-order valence-electron chi connectivity index (χ4n) is 1.02. The first-order chi connectivity index (χ1) is 6.45. The normalized spacial score (nSPS) is 13.7. The molecular formula is C10H8ClF3. The molecule has 0 saturated carbocycles. The van der Waals surface area contributed by atoms with E-state index in [4.69, 9.17) is 11.6 Å². The molecule has 0 radical (unpaired) electrons. The van der Waals surface area contributed by atoms with Crippen LogP contribution in [-0.4, -0.2) is 0 Å². The summed E-state index contributed by atoms with van der Waals surface area (Å²) in [6.45, 7) is 3.42. The molecule has 0 fully saturated rings. The Bertz CT molecular complexity index is 330. The Labute approximate surface area is 85.0 Å². The summed E-state index contributed by atoms with van der Waals surface area (Å²) >= 11 is 5.73. The quantitative estimate of drug-likeness (QED) is 0.518. The zero-order valence-corrected chi connectivity index (χ0v) is 7.94. The highest BCUT2D eigenvalue weighted by molar-refractivity contribution is 6.21. The molecule has 0 bridgehead atoms. The van der Waals surface area contributed by atoms with Gasteiger partial charge < -0.3 is 0 Å². The molecule has 0 saturated heterocycles. The molecule has 0 aliphatic heterocycles. The van der Waals surface area contributed by atoms with Crippen molar-refractivity contribution in [1.82, 2.24) is 0 Å². The van der Waals surface area contributed by atoms with Crippen molar-refractivity contribution >= 4 is 11.6 Å². The Kier molecular flexibility index (Phi) is 3.21. The largest absolute Gasteiger partial charge is 0.416 e. The van der Waals surface area contributed by atoms with E-state index in [1.807, 2.05) is 0 Å². The molecule has 0 aliphatic carbocycles. The maximum atomic E-state index is 12.3. The number of halogens is 4. The summed E-state index contributed by atoms with van der Waals surface area (Å²) in [6, 6.07) is 4.90. The van der Waals surface area contributed by atoms with Gasteiger partial charge in [-0.25, -0.2) is 0 Å². The molecule has 14 heavy (non-hydrogen) atoms. The van der Waals surface area contributed by atoms with Crippen molar-refractivity contribution in [3.63, 3.8) is 0 Å². The molecular weight excluding hydrogens is 213 g/mol. The monoisotopic (exact) mass is 220 g/mol. The van der Waals surface area contributed by atoms with Gasteiger partial charge in [0.05, 0.1) is 10.9 Å². The van der Waals surface area contributed by atoms with E-state index in [0.717, 1.165) is 12.1 Å². The van der Waals surface area contributed by atoms with Gasteiger partial charge in [0.15, 0.2) is 0 Å². The van der Waals surface area contributed by atoms with E-state index >= 15 is 0 Å². The van der Waals surface area contributed by atoms with Crippen LogP contribution in [-0.2, 0) is 6.18 Å². The van der Waals surface area contributed by atoms with Crippen molar-refractivity contribution in [1.29, 1.82) is 0 Å². The first-order valence-corrected chi connectivity index (χ1v) is 4.32. The molecule has 76 valence electrons. The van der Waals surface area contributed by atoms with E-state index < -0.39 is 17.1 Å². The van der Waals surface area contributed by atoms with Crippen molar-refractivity contribution in [2.75, 3.05) is 0 Å². The van der Waals surface area contributed by atoms with E-state index in [0.29, 0.717) is 5.56 Å². The number of hydrogen-bond acceptors (Lipinski definition) is 0. The minimum atomic E-state index is -4.33. The van der Waals surface area contributed by atoms with Crippen LogP contribution in [0.25, 0.3) is 0 Å². The van der Waals surface area contributed by atoms with E-state index in [9.17, 15) is 13.2 Å². The van der Waals surface area contributed by atoms with Crippen LogP contribution < -0.4 is 0 Å². The maximum absolute atomic E-state index is 12.3. The SMILES string of the molecule is C=CC(Cl)c1cccc(C(F)(F)F)c1. The molecule has 0 aliphatic rings. The second kappa shape index (κ2) is 4.05. The van der Waals surface area contributed by atoms with Gasteiger partial charge in [0.2, 0.25) is 0 Å². The van der Waals surface area contributed by atoms with Crippen LogP contribution in [0.3, 0.4) is 0 Å². The van der Waals surface area contributed by atoms with Gasteiger partial charge in [-0.15, -0.1) is 18.2 Å². The van der Waals surface area contributed by atoms with Crippen LogP contribution >= 0.6 is 11.6 Å². The van der Waals surface area contributed by atoms with Gasteiger partial charge in [-0.1, -0.05) is 18.2 Å². The van der Waals surface area contributed by atoms with Crippen molar-refractivity contribution in [3.05, 3.63) is 48.0 Å². The summed E-state index contributed by atoms with van der Waals surface area (Å²) in [5.74, 6) is 0. The Morgan fingerprint density at radius 3 is 2.50 bits per heavy atom. The number of benzene rings is 1. The number of hydrogen-bond donors (Lipinski definition) is 0. The van der Waals surface area contributed by atoms with Crippen molar-refractivity contribution in [3.8, 4) is 0 Å². The molecule has 1 aromatic rings. The molecule has 0 aromatic heterocycles. The summed E-state index contributed by atoms with van der Waals surface area (Å²) in [6.07, 6.45) is -2.94. The summed E-state index contributed by atoms with van der Waals surface area (Å²) in [7, 11) is 0. The predicted molar refractivity (Wildman–Crippen MR) is 50.2 cm³/mol. The summed E-state index contributed by atoms with van der Waals surface area (Å²) < 4.78 is 36.8. The van der Waals surface area contributed by atoms with Crippen LogP contribution in [0.1, 0.15) is 16.5 Å². The third-order valence-electron chi connectivity index (χ3n) is 1.74. The van der Waals surface area contributed by atoms with Gasteiger partial charge in [-0.3, -0.25) is 0 Å². The van der Waals surface area contributed by atoms with Gasteiger partial charge in [-0.05, 0) is 17.7 Å². The van der Waals surface area contributed by atoms with Crippen LogP contribution in [0.2, 0.25) is 0 Å². The first-order valence-electron chi connectivity index (χ1n) is 3.89. The number of allylic oxidation sites excluding steroid dienone is 1. The van der Waals surface area contributed by atoms with E-state index in [-0.39, 0.29) is 0 Å². The van der Waals surface area contributed by atoms with Crippen molar-refractivity contribution in [2.45, 2.75) is 11.6 Å². The van der Waals surface area contributed by atoms with Crippen LogP contribution in [0.5, 0.6) is 0 Å². The maximum Gasteiger partial charge on any atom is 0.416 e. The van der Waals surface area contributed by atoms with Crippen LogP contribution in [0, 0.1) is 0 Å². The van der Waals surface area contributed by atoms with Gasteiger partial charge in [0.25, 0.3) is 0 Å². The smallest absolute Gasteiger partial charge is 0.166 e. The first kappa shape index (κ1) is 11.1. The second-order valence-corrected chi connectivity index (χ2v) is 3.23. The molecule has 4 heteroatoms. The average molecular weight is 221 g/mol. The summed E-state index contributed by atoms with van der Waals surface area (Å²) in [5, 5.41) is -0.586. The Balaban J connectivity index is 3.07. The fraction of sp³-hybridized carbons (Fsp3) is 0.200. The fourth-order valence-corrected chi connectivity index (χ4v) is 1.16. The van der Waals surface area contributed by atoms with E-state index in [2.05, 4.69) is 6.58 Å². The highest BCUT2D eigenvalue weighted by Gasteiger charge is 2.30. The lowest BCUT2D eigenvalue weighted by molar-refractivity contribution is -0.137. The molecule has 0 N–H and O–H groups in total. The highest BCUT2D eigenvalue weighted by atomic mass is 35.5. The third-order valence-corrected chi connectivity index (χ3v) is 2.17. The third kappa shape index (κ3) is 2.51. The molecule has 0 heterocycles. The molecule has 0 spiro atoms. The van der Waals surface area contributed by atoms with Gasteiger partial charge >= 0.3 is 6.18 Å². The van der Waals surface area contributed by atoms with Crippen molar-refractivity contribution < 1.29 is 13.2 Å². The molecule has 1 aromatic carbocycles. The standard InChI is InChI=1S/C10H8ClF3/c1-2-9(11)7-4-3-5-8(6-7)10(12,13)14/h2-6,9H,1H2. The predicted octanol–water partition coefficient (Wildman–Crippen LogP) is 4.17.